The molecule has 1 aromatic rings. The van der Waals surface area contributed by atoms with Crippen molar-refractivity contribution in [3.05, 3.63) is 11.8 Å². The zero-order valence-corrected chi connectivity index (χ0v) is 8.08. The van der Waals surface area contributed by atoms with Gasteiger partial charge in [-0.2, -0.15) is 0 Å². The zero-order chi connectivity index (χ0) is 12.3. The van der Waals surface area contributed by atoms with Gasteiger partial charge < -0.3 is 19.7 Å². The number of hydrogen-bond donors (Lipinski definition) is 2. The van der Waals surface area contributed by atoms with Gasteiger partial charge in [0.25, 0.3) is 5.88 Å². The third-order valence-corrected chi connectivity index (χ3v) is 1.57. The molecule has 5 nitrogen and oxygen atoms in total. The molecule has 0 aliphatic heterocycles. The molecule has 16 heavy (non-hydrogen) atoms. The fraction of sp³-hybridized carbons (Fsp3) is 0.375. The molecular weight excluding hydrogens is 231 g/mol. The van der Waals surface area contributed by atoms with Gasteiger partial charge in [0.15, 0.2) is 5.75 Å². The maximum Gasteiger partial charge on any atom is 0.574 e. The van der Waals surface area contributed by atoms with Crippen LogP contribution in [0.25, 0.3) is 0 Å². The molecule has 0 aliphatic carbocycles. The predicted octanol–water partition coefficient (Wildman–Crippen LogP) is 1.19. The summed E-state index contributed by atoms with van der Waals surface area (Å²) in [6.45, 7) is -0.606. The average molecular weight is 239 g/mol. The molecule has 90 valence electrons. The van der Waals surface area contributed by atoms with E-state index in [1.54, 1.807) is 0 Å². The van der Waals surface area contributed by atoms with E-state index in [1.807, 2.05) is 0 Å². The van der Waals surface area contributed by atoms with Crippen LogP contribution in [0.5, 0.6) is 17.4 Å². The van der Waals surface area contributed by atoms with Crippen LogP contribution in [-0.2, 0) is 6.61 Å². The Hall–Kier alpha value is -1.70. The van der Waals surface area contributed by atoms with Crippen LogP contribution in [0.2, 0.25) is 0 Å². The Kier molecular flexibility index (Phi) is 3.43. The Bertz CT molecular complexity index is 380. The van der Waals surface area contributed by atoms with Crippen LogP contribution in [0.1, 0.15) is 5.69 Å². The van der Waals surface area contributed by atoms with Crippen molar-refractivity contribution in [2.75, 3.05) is 7.11 Å². The Morgan fingerprint density at radius 2 is 2.06 bits per heavy atom. The van der Waals surface area contributed by atoms with Crippen LogP contribution in [-0.4, -0.2) is 28.7 Å². The minimum Gasteiger partial charge on any atom is -0.501 e. The lowest BCUT2D eigenvalue weighted by atomic mass is 10.3. The third kappa shape index (κ3) is 2.89. The number of alkyl halides is 3. The molecule has 8 heteroatoms. The number of aromatic nitrogens is 1. The second kappa shape index (κ2) is 4.44. The van der Waals surface area contributed by atoms with Gasteiger partial charge in [-0.15, -0.1) is 13.2 Å². The number of nitrogens with zero attached hydrogens (tertiary/aromatic N) is 1. The van der Waals surface area contributed by atoms with Crippen molar-refractivity contribution in [2.24, 2.45) is 0 Å². The number of halogens is 3. The molecule has 0 atom stereocenters. The number of aliphatic hydroxyl groups is 1. The quantitative estimate of drug-likeness (QED) is 0.828. The number of rotatable bonds is 3. The van der Waals surface area contributed by atoms with Gasteiger partial charge in [0.1, 0.15) is 0 Å². The van der Waals surface area contributed by atoms with Crippen LogP contribution in [0.15, 0.2) is 6.07 Å². The van der Waals surface area contributed by atoms with Crippen molar-refractivity contribution in [1.29, 1.82) is 0 Å². The third-order valence-electron chi connectivity index (χ3n) is 1.57. The van der Waals surface area contributed by atoms with E-state index in [0.717, 1.165) is 13.2 Å². The van der Waals surface area contributed by atoms with Crippen molar-refractivity contribution in [2.45, 2.75) is 13.0 Å². The lowest BCUT2D eigenvalue weighted by Gasteiger charge is -2.12. The minimum absolute atomic E-state index is 0.117. The Morgan fingerprint density at radius 1 is 1.44 bits per heavy atom. The summed E-state index contributed by atoms with van der Waals surface area (Å²) in [6, 6.07) is 1.10. The molecule has 0 amide bonds. The summed E-state index contributed by atoms with van der Waals surface area (Å²) in [6.07, 6.45) is -4.98. The molecule has 0 radical (unpaired) electrons. The highest BCUT2D eigenvalue weighted by atomic mass is 19.4. The number of hydrogen-bond acceptors (Lipinski definition) is 5. The SMILES string of the molecule is COc1cc(CO)nc(OC(F)(F)F)c1O. The van der Waals surface area contributed by atoms with Crippen molar-refractivity contribution in [3.63, 3.8) is 0 Å². The molecule has 0 spiro atoms. The van der Waals surface area contributed by atoms with E-state index in [9.17, 15) is 18.3 Å². The van der Waals surface area contributed by atoms with Crippen molar-refractivity contribution in [3.8, 4) is 17.4 Å². The fourth-order valence-corrected chi connectivity index (χ4v) is 0.958. The van der Waals surface area contributed by atoms with Gasteiger partial charge in [0.05, 0.1) is 19.4 Å². The molecule has 1 aromatic heterocycles. The van der Waals surface area contributed by atoms with Crippen LogP contribution in [0, 0.1) is 0 Å². The van der Waals surface area contributed by atoms with Crippen LogP contribution in [0.4, 0.5) is 13.2 Å². The Balaban J connectivity index is 3.16. The topological polar surface area (TPSA) is 71.8 Å². The first kappa shape index (κ1) is 12.4. The molecule has 0 saturated carbocycles. The molecule has 2 N–H and O–H groups in total. The molecule has 1 heterocycles. The highest BCUT2D eigenvalue weighted by Crippen LogP contribution is 2.37. The Morgan fingerprint density at radius 3 is 2.50 bits per heavy atom. The fourth-order valence-electron chi connectivity index (χ4n) is 0.958. The summed E-state index contributed by atoms with van der Waals surface area (Å²) < 4.78 is 43.8. The van der Waals surface area contributed by atoms with E-state index >= 15 is 0 Å². The molecule has 0 saturated heterocycles. The van der Waals surface area contributed by atoms with E-state index in [0.29, 0.717) is 0 Å². The van der Waals surface area contributed by atoms with Gasteiger partial charge in [-0.05, 0) is 0 Å². The average Bonchev–Trinajstić information content (AvgIpc) is 2.19. The van der Waals surface area contributed by atoms with Crippen molar-refractivity contribution in [1.82, 2.24) is 4.98 Å². The van der Waals surface area contributed by atoms with Crippen LogP contribution in [0.3, 0.4) is 0 Å². The summed E-state index contributed by atoms with van der Waals surface area (Å²) in [4.78, 5) is 3.26. The second-order valence-corrected chi connectivity index (χ2v) is 2.68. The first-order valence-corrected chi connectivity index (χ1v) is 4.01. The van der Waals surface area contributed by atoms with E-state index in [2.05, 4.69) is 14.5 Å². The van der Waals surface area contributed by atoms with Crippen LogP contribution < -0.4 is 9.47 Å². The maximum atomic E-state index is 11.9. The molecule has 0 unspecified atom stereocenters. The van der Waals surface area contributed by atoms with Gasteiger partial charge in [-0.25, -0.2) is 4.98 Å². The summed E-state index contributed by atoms with van der Waals surface area (Å²) >= 11 is 0. The highest BCUT2D eigenvalue weighted by molar-refractivity contribution is 5.47. The van der Waals surface area contributed by atoms with E-state index in [-0.39, 0.29) is 11.4 Å². The lowest BCUT2D eigenvalue weighted by Crippen LogP contribution is -2.18. The summed E-state index contributed by atoms with van der Waals surface area (Å²) in [5.74, 6) is -2.20. The van der Waals surface area contributed by atoms with E-state index < -0.39 is 24.6 Å². The molecule has 1 rings (SSSR count). The van der Waals surface area contributed by atoms with Crippen LogP contribution >= 0.6 is 0 Å². The summed E-state index contributed by atoms with van der Waals surface area (Å²) in [5, 5.41) is 18.0. The zero-order valence-electron chi connectivity index (χ0n) is 8.08. The van der Waals surface area contributed by atoms with Crippen molar-refractivity contribution < 1.29 is 32.9 Å². The smallest absolute Gasteiger partial charge is 0.501 e. The second-order valence-electron chi connectivity index (χ2n) is 2.68. The lowest BCUT2D eigenvalue weighted by molar-refractivity contribution is -0.276. The minimum atomic E-state index is -4.98. The first-order valence-electron chi connectivity index (χ1n) is 4.01. The molecular formula is C8H8F3NO4. The number of ether oxygens (including phenoxy) is 2. The number of pyridine rings is 1. The molecule has 0 aliphatic rings. The molecule has 0 bridgehead atoms. The standard InChI is InChI=1S/C8H8F3NO4/c1-15-5-2-4(3-13)12-7(6(5)14)16-8(9,10)11/h2,13-14H,3H2,1H3. The molecule has 0 aromatic carbocycles. The van der Waals surface area contributed by atoms with E-state index in [4.69, 9.17) is 5.11 Å². The highest BCUT2D eigenvalue weighted by Gasteiger charge is 2.34. The van der Waals surface area contributed by atoms with Gasteiger partial charge in [-0.3, -0.25) is 0 Å². The number of methoxy groups -OCH3 is 1. The summed E-state index contributed by atoms with van der Waals surface area (Å²) in [5.41, 5.74) is -0.117. The normalized spacial score (nSPS) is 11.3. The Labute approximate surface area is 88.1 Å². The van der Waals surface area contributed by atoms with Gasteiger partial charge >= 0.3 is 6.36 Å². The van der Waals surface area contributed by atoms with Crippen molar-refractivity contribution >= 4 is 0 Å². The van der Waals surface area contributed by atoms with E-state index in [1.165, 1.54) is 0 Å². The van der Waals surface area contributed by atoms with Gasteiger partial charge in [0.2, 0.25) is 5.75 Å². The predicted molar refractivity (Wildman–Crippen MR) is 45.1 cm³/mol. The first-order chi connectivity index (χ1) is 7.37. The monoisotopic (exact) mass is 239 g/mol. The number of aliphatic hydroxyl groups excluding tert-OH is 1. The number of aromatic hydroxyl groups is 1. The molecule has 0 fully saturated rings. The summed E-state index contributed by atoms with van der Waals surface area (Å²) in [7, 11) is 1.15. The van der Waals surface area contributed by atoms with Gasteiger partial charge in [0, 0.05) is 6.07 Å². The largest absolute Gasteiger partial charge is 0.574 e. The van der Waals surface area contributed by atoms with Gasteiger partial charge in [-0.1, -0.05) is 0 Å². The maximum absolute atomic E-state index is 11.9.